The second kappa shape index (κ2) is 4.04. The first kappa shape index (κ1) is 7.25. The molecule has 0 atom stereocenters. The Balaban J connectivity index is 2.48. The molecule has 0 unspecified atom stereocenters. The van der Waals surface area contributed by atoms with Crippen molar-refractivity contribution in [2.45, 2.75) is 25.7 Å². The molecule has 1 aliphatic carbocycles. The molecule has 0 bridgehead atoms. The van der Waals surface area contributed by atoms with E-state index in [0.29, 0.717) is 0 Å². The first-order valence-electron chi connectivity index (χ1n) is 3.38. The molecule has 0 spiro atoms. The Kier molecular flexibility index (Phi) is 3.25. The third kappa shape index (κ3) is 2.99. The van der Waals surface area contributed by atoms with Crippen molar-refractivity contribution in [2.24, 2.45) is 0 Å². The van der Waals surface area contributed by atoms with Crippen molar-refractivity contribution in [1.29, 1.82) is 0 Å². The van der Waals surface area contributed by atoms with E-state index >= 15 is 0 Å². The minimum absolute atomic E-state index is 1.23. The zero-order chi connectivity index (χ0) is 6.53. The van der Waals surface area contributed by atoms with Crippen LogP contribution in [-0.2, 0) is 19.2 Å². The summed E-state index contributed by atoms with van der Waals surface area (Å²) < 4.78 is 1.37. The summed E-state index contributed by atoms with van der Waals surface area (Å²) in [5.74, 6) is 0. The molecule has 0 nitrogen and oxygen atoms in total. The van der Waals surface area contributed by atoms with Crippen LogP contribution in [0.3, 0.4) is 0 Å². The van der Waals surface area contributed by atoms with Gasteiger partial charge in [0.15, 0.2) is 0 Å². The summed E-state index contributed by atoms with van der Waals surface area (Å²) >= 11 is 3.23. The third-order valence-electron chi connectivity index (χ3n) is 1.42. The molecule has 1 aliphatic rings. The summed E-state index contributed by atoms with van der Waals surface area (Å²) in [5.41, 5.74) is 0. The number of hydrogen-bond acceptors (Lipinski definition) is 0. The minimum atomic E-state index is 1.23. The van der Waals surface area contributed by atoms with Gasteiger partial charge in [0.1, 0.15) is 0 Å². The van der Waals surface area contributed by atoms with Crippen LogP contribution in [0.4, 0.5) is 0 Å². The predicted octanol–water partition coefficient (Wildman–Crippen LogP) is 2.55. The number of allylic oxidation sites excluding steroid dienone is 4. The molecule has 0 aromatic rings. The van der Waals surface area contributed by atoms with Gasteiger partial charge < -0.3 is 0 Å². The third-order valence-corrected chi connectivity index (χ3v) is 2.07. The summed E-state index contributed by atoms with van der Waals surface area (Å²) in [7, 11) is 0. The Labute approximate surface area is 67.4 Å². The van der Waals surface area contributed by atoms with Crippen LogP contribution in [0, 0.1) is 0 Å². The zero-order valence-electron chi connectivity index (χ0n) is 5.38. The molecule has 0 saturated carbocycles. The summed E-state index contributed by atoms with van der Waals surface area (Å²) in [6.07, 6.45) is 11.7. The molecule has 0 aromatic heterocycles. The van der Waals surface area contributed by atoms with E-state index in [0.717, 1.165) is 0 Å². The normalized spacial score (nSPS) is 29.8. The monoisotopic (exact) mass is 213 g/mol. The molecule has 0 saturated heterocycles. The van der Waals surface area contributed by atoms with Gasteiger partial charge in [0, 0.05) is 0 Å². The maximum atomic E-state index is 3.23. The maximum absolute atomic E-state index is 3.23. The van der Waals surface area contributed by atoms with Gasteiger partial charge in [-0.25, -0.2) is 0 Å². The van der Waals surface area contributed by atoms with Crippen LogP contribution in [-0.4, -0.2) is 0 Å². The van der Waals surface area contributed by atoms with Gasteiger partial charge in [-0.05, 0) is 0 Å². The molecule has 0 N–H and O–H groups in total. The fourth-order valence-electron chi connectivity index (χ4n) is 0.891. The van der Waals surface area contributed by atoms with Crippen LogP contribution in [0.25, 0.3) is 0 Å². The van der Waals surface area contributed by atoms with Gasteiger partial charge in [-0.1, -0.05) is 0 Å². The summed E-state index contributed by atoms with van der Waals surface area (Å²) in [5, 5.41) is 0. The Morgan fingerprint density at radius 1 is 1.33 bits per heavy atom. The quantitative estimate of drug-likeness (QED) is 0.543. The standard InChI is InChI=1S/C8H11.Pd/c1-2-4-6-8-7-5-3-1;/h1-3H,4,6-8H2;/b2-1-,5-3?;. The molecule has 0 aliphatic heterocycles. The summed E-state index contributed by atoms with van der Waals surface area (Å²) in [6, 6.07) is 0. The molecular weight excluding hydrogens is 203 g/mol. The average molecular weight is 214 g/mol. The van der Waals surface area contributed by atoms with Crippen molar-refractivity contribution >= 4 is 0 Å². The van der Waals surface area contributed by atoms with Gasteiger partial charge in [-0.3, -0.25) is 0 Å². The molecule has 0 radical (unpaired) electrons. The van der Waals surface area contributed by atoms with Crippen LogP contribution in [0.1, 0.15) is 25.7 Å². The van der Waals surface area contributed by atoms with Crippen LogP contribution in [0.15, 0.2) is 22.3 Å². The first-order chi connectivity index (χ1) is 4.39. The summed E-state index contributed by atoms with van der Waals surface area (Å²) in [6.45, 7) is 0. The van der Waals surface area contributed by atoms with Gasteiger partial charge in [0.2, 0.25) is 0 Å². The van der Waals surface area contributed by atoms with E-state index in [2.05, 4.69) is 37.4 Å². The van der Waals surface area contributed by atoms with Crippen molar-refractivity contribution in [3.8, 4) is 0 Å². The zero-order valence-corrected chi connectivity index (χ0v) is 6.93. The van der Waals surface area contributed by atoms with Crippen LogP contribution in [0.2, 0.25) is 0 Å². The van der Waals surface area contributed by atoms with E-state index in [4.69, 9.17) is 0 Å². The van der Waals surface area contributed by atoms with Gasteiger partial charge in [-0.2, -0.15) is 0 Å². The fraction of sp³-hybridized carbons (Fsp3) is 0.500. The van der Waals surface area contributed by atoms with Gasteiger partial charge in [0.05, 0.1) is 0 Å². The average Bonchev–Trinajstić information content (AvgIpc) is 1.79. The van der Waals surface area contributed by atoms with Gasteiger partial charge >= 0.3 is 67.2 Å². The Hall–Kier alpha value is 0.142. The molecule has 53 valence electrons. The molecule has 9 heavy (non-hydrogen) atoms. The van der Waals surface area contributed by atoms with Crippen molar-refractivity contribution in [3.63, 3.8) is 0 Å². The molecule has 0 amide bonds. The topological polar surface area (TPSA) is 0 Å². The molecule has 0 aromatic carbocycles. The Morgan fingerprint density at radius 3 is 3.11 bits per heavy atom. The summed E-state index contributed by atoms with van der Waals surface area (Å²) in [4.78, 5) is 0. The second-order valence-corrected chi connectivity index (χ2v) is 3.25. The van der Waals surface area contributed by atoms with Crippen LogP contribution in [0.5, 0.6) is 0 Å². The van der Waals surface area contributed by atoms with Gasteiger partial charge in [0.25, 0.3) is 0 Å². The molecule has 0 heterocycles. The van der Waals surface area contributed by atoms with E-state index in [1.165, 1.54) is 29.7 Å². The van der Waals surface area contributed by atoms with Crippen molar-refractivity contribution in [3.05, 3.63) is 22.3 Å². The van der Waals surface area contributed by atoms with E-state index in [1.807, 2.05) is 0 Å². The Bertz CT molecular complexity index is 134. The molecule has 1 heteroatoms. The van der Waals surface area contributed by atoms with Crippen molar-refractivity contribution in [1.82, 2.24) is 0 Å². The number of rotatable bonds is 0. The molecule has 1 rings (SSSR count). The van der Waals surface area contributed by atoms with E-state index in [1.54, 1.807) is 0 Å². The fourth-order valence-corrected chi connectivity index (χ4v) is 1.32. The van der Waals surface area contributed by atoms with E-state index < -0.39 is 0 Å². The van der Waals surface area contributed by atoms with Crippen molar-refractivity contribution in [2.75, 3.05) is 0 Å². The SMILES string of the molecule is [Pd]/[C]1=C/C=C\CCCC1. The van der Waals surface area contributed by atoms with Crippen LogP contribution < -0.4 is 0 Å². The molecule has 0 fully saturated rings. The predicted molar refractivity (Wildman–Crippen MR) is 35.7 cm³/mol. The van der Waals surface area contributed by atoms with Crippen molar-refractivity contribution < 1.29 is 19.2 Å². The Morgan fingerprint density at radius 2 is 2.22 bits per heavy atom. The first-order valence-corrected chi connectivity index (χ1v) is 4.15. The van der Waals surface area contributed by atoms with E-state index in [9.17, 15) is 0 Å². The second-order valence-electron chi connectivity index (χ2n) is 2.25. The number of hydrogen-bond donors (Lipinski definition) is 0. The molecular formula is C8H11Pd. The van der Waals surface area contributed by atoms with Crippen LogP contribution >= 0.6 is 0 Å². The van der Waals surface area contributed by atoms with Gasteiger partial charge in [-0.15, -0.1) is 0 Å². The van der Waals surface area contributed by atoms with E-state index in [-0.39, 0.29) is 0 Å².